The number of ether oxygens (including phenoxy) is 1. The van der Waals surface area contributed by atoms with Crippen LogP contribution in [-0.2, 0) is 16.9 Å². The van der Waals surface area contributed by atoms with Crippen molar-refractivity contribution in [1.29, 1.82) is 0 Å². The van der Waals surface area contributed by atoms with Crippen LogP contribution in [-0.4, -0.2) is 50.4 Å². The Hall–Kier alpha value is -2.02. The minimum Gasteiger partial charge on any atom is -0.444 e. The minimum atomic E-state index is -0.470. The number of rotatable bonds is 1. The van der Waals surface area contributed by atoms with E-state index in [4.69, 9.17) is 4.74 Å². The lowest BCUT2D eigenvalue weighted by atomic mass is 10.00. The van der Waals surface area contributed by atoms with Crippen LogP contribution in [0.2, 0.25) is 0 Å². The van der Waals surface area contributed by atoms with Gasteiger partial charge >= 0.3 is 6.09 Å². The summed E-state index contributed by atoms with van der Waals surface area (Å²) in [6.45, 7) is 6.87. The molecule has 1 N–H and O–H groups in total. The molecule has 2 aromatic heterocycles. The lowest BCUT2D eigenvalue weighted by Crippen LogP contribution is -2.39. The van der Waals surface area contributed by atoms with Gasteiger partial charge in [0.15, 0.2) is 0 Å². The number of nitrogens with one attached hydrogen (secondary N) is 1. The van der Waals surface area contributed by atoms with E-state index < -0.39 is 5.60 Å². The molecule has 0 fully saturated rings. The molecule has 0 saturated heterocycles. The number of aryl methyl sites for hydroxylation is 1. The lowest BCUT2D eigenvalue weighted by molar-refractivity contribution is 0.0270. The molecule has 4 heterocycles. The third-order valence-electron chi connectivity index (χ3n) is 4.69. The van der Waals surface area contributed by atoms with Crippen LogP contribution in [0.3, 0.4) is 0 Å². The van der Waals surface area contributed by atoms with Crippen molar-refractivity contribution in [3.63, 3.8) is 0 Å². The molecule has 6 nitrogen and oxygen atoms in total. The van der Waals surface area contributed by atoms with Crippen molar-refractivity contribution in [2.45, 2.75) is 45.0 Å². The summed E-state index contributed by atoms with van der Waals surface area (Å²) in [5, 5.41) is 1.16. The zero-order valence-corrected chi connectivity index (χ0v) is 16.3. The number of H-pyrrole nitrogens is 1. The Morgan fingerprint density at radius 3 is 2.88 bits per heavy atom. The van der Waals surface area contributed by atoms with Crippen molar-refractivity contribution < 1.29 is 9.53 Å². The number of fused-ring (bicyclic) bond motifs is 3. The Morgan fingerprint density at radius 2 is 2.15 bits per heavy atom. The van der Waals surface area contributed by atoms with Crippen LogP contribution < -0.4 is 0 Å². The number of aromatic nitrogens is 3. The second-order valence-corrected chi connectivity index (χ2v) is 8.84. The average molecular weight is 372 g/mol. The number of carbonyl (C=O) groups excluding carboxylic acids is 1. The van der Waals surface area contributed by atoms with Crippen molar-refractivity contribution >= 4 is 34.5 Å². The number of amides is 1. The van der Waals surface area contributed by atoms with Gasteiger partial charge < -0.3 is 14.6 Å². The van der Waals surface area contributed by atoms with E-state index in [-0.39, 0.29) is 6.09 Å². The summed E-state index contributed by atoms with van der Waals surface area (Å²) in [4.78, 5) is 26.5. The minimum absolute atomic E-state index is 0.254. The van der Waals surface area contributed by atoms with Crippen molar-refractivity contribution in [2.24, 2.45) is 0 Å². The average Bonchev–Trinajstić information content (AvgIpc) is 2.99. The third-order valence-corrected chi connectivity index (χ3v) is 5.68. The predicted octanol–water partition coefficient (Wildman–Crippen LogP) is 3.77. The molecule has 1 amide bonds. The Balaban J connectivity index is 1.61. The third kappa shape index (κ3) is 3.32. The largest absolute Gasteiger partial charge is 0.444 e. The Morgan fingerprint density at radius 1 is 1.31 bits per heavy atom. The fourth-order valence-corrected chi connectivity index (χ4v) is 4.49. The maximum absolute atomic E-state index is 12.3. The molecule has 0 saturated carbocycles. The molecule has 0 spiro atoms. The van der Waals surface area contributed by atoms with Crippen LogP contribution in [0.15, 0.2) is 12.4 Å². The first-order valence-electron chi connectivity index (χ1n) is 9.02. The van der Waals surface area contributed by atoms with E-state index in [0.29, 0.717) is 13.1 Å². The van der Waals surface area contributed by atoms with Gasteiger partial charge in [0.05, 0.1) is 5.69 Å². The van der Waals surface area contributed by atoms with E-state index in [2.05, 4.69) is 21.0 Å². The second-order valence-electron chi connectivity index (χ2n) is 7.74. The molecule has 0 radical (unpaired) electrons. The van der Waals surface area contributed by atoms with Gasteiger partial charge in [0, 0.05) is 29.9 Å². The smallest absolute Gasteiger partial charge is 0.410 e. The first-order chi connectivity index (χ1) is 12.4. The summed E-state index contributed by atoms with van der Waals surface area (Å²) in [7, 11) is 0. The number of thioether (sulfide) groups is 1. The highest BCUT2D eigenvalue weighted by Crippen LogP contribution is 2.35. The van der Waals surface area contributed by atoms with Gasteiger partial charge in [0.25, 0.3) is 0 Å². The Kier molecular flexibility index (Phi) is 4.42. The summed E-state index contributed by atoms with van der Waals surface area (Å²) in [6.07, 6.45) is 5.31. The molecule has 7 heteroatoms. The number of nitrogens with zero attached hydrogens (tertiary/aromatic N) is 3. The van der Waals surface area contributed by atoms with Crippen LogP contribution in [0.4, 0.5) is 4.79 Å². The fraction of sp³-hybridized carbons (Fsp3) is 0.526. The highest BCUT2D eigenvalue weighted by molar-refractivity contribution is 7.98. The molecule has 0 bridgehead atoms. The summed E-state index contributed by atoms with van der Waals surface area (Å²) in [5.74, 6) is 2.16. The quantitative estimate of drug-likeness (QED) is 0.825. The van der Waals surface area contributed by atoms with Crippen LogP contribution in [0, 0.1) is 0 Å². The van der Waals surface area contributed by atoms with Gasteiger partial charge in [-0.1, -0.05) is 6.08 Å². The summed E-state index contributed by atoms with van der Waals surface area (Å²) in [5.41, 5.74) is 5.31. The molecular weight excluding hydrogens is 348 g/mol. The molecule has 2 aromatic rings. The summed E-state index contributed by atoms with van der Waals surface area (Å²) >= 11 is 1.96. The number of aromatic amines is 1. The molecule has 2 aliphatic rings. The predicted molar refractivity (Wildman–Crippen MR) is 104 cm³/mol. The van der Waals surface area contributed by atoms with Crippen LogP contribution in [0.5, 0.6) is 0 Å². The highest BCUT2D eigenvalue weighted by Gasteiger charge is 2.26. The lowest BCUT2D eigenvalue weighted by Gasteiger charge is -2.29. The zero-order chi connectivity index (χ0) is 18.3. The van der Waals surface area contributed by atoms with Crippen molar-refractivity contribution in [3.8, 4) is 0 Å². The number of hydrogen-bond acceptors (Lipinski definition) is 5. The maximum atomic E-state index is 12.3. The van der Waals surface area contributed by atoms with Crippen LogP contribution in [0.25, 0.3) is 16.6 Å². The molecule has 26 heavy (non-hydrogen) atoms. The number of carbonyl (C=O) groups is 1. The van der Waals surface area contributed by atoms with Gasteiger partial charge in [-0.15, -0.1) is 0 Å². The molecule has 0 atom stereocenters. The van der Waals surface area contributed by atoms with Crippen molar-refractivity contribution in [3.05, 3.63) is 29.4 Å². The zero-order valence-electron chi connectivity index (χ0n) is 15.5. The van der Waals surface area contributed by atoms with E-state index >= 15 is 0 Å². The van der Waals surface area contributed by atoms with Crippen LogP contribution >= 0.6 is 11.8 Å². The first kappa shape index (κ1) is 17.4. The number of hydrogen-bond donors (Lipinski definition) is 1. The standard InChI is InChI=1S/C19H24N4O2S/c1-19(2,3)25-18(24)23-7-4-12(5-8-23)16-15-13-10-26-9-6-14(13)22-17(15)21-11-20-16/h4,11H,5-10H2,1-3H3,(H,20,21,22). The van der Waals surface area contributed by atoms with E-state index in [9.17, 15) is 4.79 Å². The van der Waals surface area contributed by atoms with Gasteiger partial charge in [-0.3, -0.25) is 0 Å². The SMILES string of the molecule is CC(C)(C)OC(=O)N1CC=C(c2ncnc3[nH]c4c(c23)CSCC4)CC1. The van der Waals surface area contributed by atoms with Crippen molar-refractivity contribution in [1.82, 2.24) is 19.9 Å². The molecule has 138 valence electrons. The summed E-state index contributed by atoms with van der Waals surface area (Å²) < 4.78 is 5.47. The van der Waals surface area contributed by atoms with Crippen LogP contribution in [0.1, 0.15) is 44.1 Å². The van der Waals surface area contributed by atoms with E-state index in [1.54, 1.807) is 11.2 Å². The fourth-order valence-electron chi connectivity index (χ4n) is 3.48. The highest BCUT2D eigenvalue weighted by atomic mass is 32.2. The monoisotopic (exact) mass is 372 g/mol. The van der Waals surface area contributed by atoms with Gasteiger partial charge in [-0.2, -0.15) is 11.8 Å². The normalized spacial score (nSPS) is 17.8. The van der Waals surface area contributed by atoms with Gasteiger partial charge in [-0.25, -0.2) is 14.8 Å². The van der Waals surface area contributed by atoms with Gasteiger partial charge in [0.1, 0.15) is 17.6 Å². The second kappa shape index (κ2) is 6.61. The molecule has 2 aliphatic heterocycles. The van der Waals surface area contributed by atoms with Crippen molar-refractivity contribution in [2.75, 3.05) is 18.8 Å². The van der Waals surface area contributed by atoms with E-state index in [1.807, 2.05) is 32.5 Å². The van der Waals surface area contributed by atoms with E-state index in [1.165, 1.54) is 16.8 Å². The molecular formula is C19H24N4O2S. The van der Waals surface area contributed by atoms with E-state index in [0.717, 1.165) is 41.1 Å². The molecule has 0 aliphatic carbocycles. The summed E-state index contributed by atoms with van der Waals surface area (Å²) in [6, 6.07) is 0. The van der Waals surface area contributed by atoms with Gasteiger partial charge in [-0.05, 0) is 50.5 Å². The maximum Gasteiger partial charge on any atom is 0.410 e. The Bertz CT molecular complexity index is 882. The first-order valence-corrected chi connectivity index (χ1v) is 10.2. The molecule has 0 aromatic carbocycles. The molecule has 4 rings (SSSR count). The Labute approximate surface area is 157 Å². The molecule has 0 unspecified atom stereocenters. The topological polar surface area (TPSA) is 71.1 Å². The van der Waals surface area contributed by atoms with Gasteiger partial charge in [0.2, 0.25) is 0 Å².